The zero-order valence-electron chi connectivity index (χ0n) is 8.22. The first kappa shape index (κ1) is 9.98. The van der Waals surface area contributed by atoms with Crippen molar-refractivity contribution in [1.82, 2.24) is 0 Å². The molecule has 1 fully saturated rings. The van der Waals surface area contributed by atoms with E-state index in [9.17, 15) is 4.79 Å². The summed E-state index contributed by atoms with van der Waals surface area (Å²) in [6.07, 6.45) is -0.871. The van der Waals surface area contributed by atoms with Gasteiger partial charge < -0.3 is 14.2 Å². The van der Waals surface area contributed by atoms with Crippen molar-refractivity contribution in [3.63, 3.8) is 0 Å². The summed E-state index contributed by atoms with van der Waals surface area (Å²) < 4.78 is 14.8. The predicted molar refractivity (Wildman–Crippen MR) is 52.3 cm³/mol. The van der Waals surface area contributed by atoms with E-state index in [1.54, 1.807) is 0 Å². The number of carbonyl (C=O) groups excluding carboxylic acids is 1. The molecule has 1 aliphatic rings. The largest absolute Gasteiger partial charge is 0.508 e. The van der Waals surface area contributed by atoms with Crippen LogP contribution in [0.15, 0.2) is 30.3 Å². The molecule has 0 saturated carbocycles. The normalized spacial score (nSPS) is 19.7. The molecule has 1 atom stereocenters. The smallest absolute Gasteiger partial charge is 0.430 e. The summed E-state index contributed by atoms with van der Waals surface area (Å²) >= 11 is 0. The van der Waals surface area contributed by atoms with E-state index in [0.29, 0.717) is 13.2 Å². The van der Waals surface area contributed by atoms with Crippen molar-refractivity contribution in [3.8, 4) is 0 Å². The van der Waals surface area contributed by atoms with Crippen molar-refractivity contribution in [2.45, 2.75) is 12.7 Å². The average Bonchev–Trinajstić information content (AvgIpc) is 2.66. The molecule has 1 saturated heterocycles. The van der Waals surface area contributed by atoms with Crippen LogP contribution in [0.2, 0.25) is 0 Å². The number of hydrogen-bond acceptors (Lipinski definition) is 4. The van der Waals surface area contributed by atoms with Gasteiger partial charge in [0.25, 0.3) is 0 Å². The van der Waals surface area contributed by atoms with Crippen LogP contribution in [0.4, 0.5) is 4.79 Å². The minimum absolute atomic E-state index is 0.263. The second-order valence-electron chi connectivity index (χ2n) is 3.30. The third-order valence-corrected chi connectivity index (χ3v) is 2.07. The molecule has 0 spiro atoms. The summed E-state index contributed by atoms with van der Waals surface area (Å²) in [6, 6.07) is 9.83. The first-order valence-corrected chi connectivity index (χ1v) is 4.79. The molecular weight excluding hydrogens is 196 g/mol. The van der Waals surface area contributed by atoms with Crippen molar-refractivity contribution in [3.05, 3.63) is 35.9 Å². The Bertz CT molecular complexity index is 323. The predicted octanol–water partition coefficient (Wildman–Crippen LogP) is 1.74. The number of benzene rings is 1. The van der Waals surface area contributed by atoms with E-state index < -0.39 is 6.16 Å². The van der Waals surface area contributed by atoms with Gasteiger partial charge in [0, 0.05) is 0 Å². The summed E-state index contributed by atoms with van der Waals surface area (Å²) in [5.41, 5.74) is 1.10. The van der Waals surface area contributed by atoms with Gasteiger partial charge in [-0.1, -0.05) is 30.3 Å². The number of cyclic esters (lactones) is 2. The fourth-order valence-corrected chi connectivity index (χ4v) is 1.33. The SMILES string of the molecule is O=C1OC[C@H](COCc2ccccc2)O1. The fourth-order valence-electron chi connectivity index (χ4n) is 1.33. The van der Waals surface area contributed by atoms with Crippen molar-refractivity contribution in [2.24, 2.45) is 0 Å². The van der Waals surface area contributed by atoms with Gasteiger partial charge in [0.2, 0.25) is 0 Å². The highest BCUT2D eigenvalue weighted by Gasteiger charge is 2.24. The van der Waals surface area contributed by atoms with E-state index in [0.717, 1.165) is 5.56 Å². The lowest BCUT2D eigenvalue weighted by atomic mass is 10.2. The molecule has 15 heavy (non-hydrogen) atoms. The molecule has 0 aliphatic carbocycles. The summed E-state index contributed by atoms with van der Waals surface area (Å²) in [5, 5.41) is 0. The maximum atomic E-state index is 10.6. The van der Waals surface area contributed by atoms with E-state index in [2.05, 4.69) is 4.74 Å². The summed E-state index contributed by atoms with van der Waals surface area (Å²) in [5.74, 6) is 0. The van der Waals surface area contributed by atoms with E-state index in [-0.39, 0.29) is 12.7 Å². The Balaban J connectivity index is 1.69. The van der Waals surface area contributed by atoms with Crippen molar-refractivity contribution >= 4 is 6.16 Å². The van der Waals surface area contributed by atoms with Crippen LogP contribution in [0.1, 0.15) is 5.56 Å². The lowest BCUT2D eigenvalue weighted by Crippen LogP contribution is -2.17. The van der Waals surface area contributed by atoms with E-state index in [4.69, 9.17) is 9.47 Å². The van der Waals surface area contributed by atoms with Crippen molar-refractivity contribution in [1.29, 1.82) is 0 Å². The quantitative estimate of drug-likeness (QED) is 0.707. The number of hydrogen-bond donors (Lipinski definition) is 0. The van der Waals surface area contributed by atoms with Gasteiger partial charge in [-0.15, -0.1) is 0 Å². The van der Waals surface area contributed by atoms with Crippen molar-refractivity contribution in [2.75, 3.05) is 13.2 Å². The summed E-state index contributed by atoms with van der Waals surface area (Å²) in [7, 11) is 0. The molecule has 2 rings (SSSR count). The number of rotatable bonds is 4. The Morgan fingerprint density at radius 1 is 1.33 bits per heavy atom. The Morgan fingerprint density at radius 2 is 2.13 bits per heavy atom. The van der Waals surface area contributed by atoms with Gasteiger partial charge in [-0.2, -0.15) is 0 Å². The Morgan fingerprint density at radius 3 is 2.80 bits per heavy atom. The lowest BCUT2D eigenvalue weighted by Gasteiger charge is -2.07. The van der Waals surface area contributed by atoms with Gasteiger partial charge in [0.05, 0.1) is 13.2 Å². The van der Waals surface area contributed by atoms with Crippen LogP contribution in [0, 0.1) is 0 Å². The van der Waals surface area contributed by atoms with Gasteiger partial charge in [-0.05, 0) is 5.56 Å². The molecule has 0 N–H and O–H groups in total. The van der Waals surface area contributed by atoms with Crippen molar-refractivity contribution < 1.29 is 19.0 Å². The minimum Gasteiger partial charge on any atom is -0.430 e. The fraction of sp³-hybridized carbons (Fsp3) is 0.364. The molecule has 4 heteroatoms. The van der Waals surface area contributed by atoms with Gasteiger partial charge in [0.15, 0.2) is 6.10 Å². The number of ether oxygens (including phenoxy) is 3. The molecule has 0 aromatic heterocycles. The highest BCUT2D eigenvalue weighted by atomic mass is 16.8. The molecule has 1 aromatic carbocycles. The first-order chi connectivity index (χ1) is 7.34. The van der Waals surface area contributed by atoms with Gasteiger partial charge in [0.1, 0.15) is 6.61 Å². The van der Waals surface area contributed by atoms with Crippen LogP contribution in [-0.2, 0) is 20.8 Å². The minimum atomic E-state index is -0.608. The first-order valence-electron chi connectivity index (χ1n) is 4.79. The monoisotopic (exact) mass is 208 g/mol. The van der Waals surface area contributed by atoms with Crippen LogP contribution in [0.25, 0.3) is 0 Å². The molecule has 1 aliphatic heterocycles. The van der Waals surface area contributed by atoms with Crippen LogP contribution in [0.3, 0.4) is 0 Å². The number of carbonyl (C=O) groups is 1. The van der Waals surface area contributed by atoms with E-state index in [1.807, 2.05) is 30.3 Å². The second-order valence-corrected chi connectivity index (χ2v) is 3.30. The zero-order chi connectivity index (χ0) is 10.5. The molecule has 0 bridgehead atoms. The molecule has 1 aromatic rings. The van der Waals surface area contributed by atoms with Crippen LogP contribution in [-0.4, -0.2) is 25.5 Å². The topological polar surface area (TPSA) is 44.8 Å². The average molecular weight is 208 g/mol. The van der Waals surface area contributed by atoms with Gasteiger partial charge >= 0.3 is 6.16 Å². The summed E-state index contributed by atoms with van der Waals surface area (Å²) in [4.78, 5) is 10.6. The maximum Gasteiger partial charge on any atom is 0.508 e. The van der Waals surface area contributed by atoms with E-state index in [1.165, 1.54) is 0 Å². The van der Waals surface area contributed by atoms with Crippen LogP contribution < -0.4 is 0 Å². The van der Waals surface area contributed by atoms with Crippen LogP contribution in [0.5, 0.6) is 0 Å². The Labute approximate surface area is 87.8 Å². The molecule has 0 radical (unpaired) electrons. The molecule has 0 amide bonds. The third kappa shape index (κ3) is 2.95. The maximum absolute atomic E-state index is 10.6. The molecule has 4 nitrogen and oxygen atoms in total. The summed E-state index contributed by atoms with van der Waals surface area (Å²) in [6.45, 7) is 1.18. The third-order valence-electron chi connectivity index (χ3n) is 2.07. The van der Waals surface area contributed by atoms with Gasteiger partial charge in [-0.3, -0.25) is 0 Å². The molecular formula is C11H12O4. The molecule has 80 valence electrons. The van der Waals surface area contributed by atoms with Crippen LogP contribution >= 0.6 is 0 Å². The second kappa shape index (κ2) is 4.79. The standard InChI is InChI=1S/C11H12O4/c12-11-14-8-10(15-11)7-13-6-9-4-2-1-3-5-9/h1-5,10H,6-8H2/t10-/m0/s1. The zero-order valence-corrected chi connectivity index (χ0v) is 8.22. The highest BCUT2D eigenvalue weighted by molar-refractivity contribution is 5.61. The molecule has 1 heterocycles. The Kier molecular flexibility index (Phi) is 3.19. The van der Waals surface area contributed by atoms with Gasteiger partial charge in [-0.25, -0.2) is 4.79 Å². The van der Waals surface area contributed by atoms with E-state index >= 15 is 0 Å². The molecule has 0 unspecified atom stereocenters. The lowest BCUT2D eigenvalue weighted by molar-refractivity contribution is 0.0381. The highest BCUT2D eigenvalue weighted by Crippen LogP contribution is 2.08. The Hall–Kier alpha value is -1.55.